The molecule has 0 unspecified atom stereocenters. The van der Waals surface area contributed by atoms with Gasteiger partial charge in [0.1, 0.15) is 0 Å². The fourth-order valence-corrected chi connectivity index (χ4v) is 3.30. The van der Waals surface area contributed by atoms with Crippen molar-refractivity contribution in [3.63, 3.8) is 0 Å². The molecule has 0 saturated carbocycles. The first-order valence-corrected chi connectivity index (χ1v) is 8.79. The highest BCUT2D eigenvalue weighted by Gasteiger charge is 2.10. The molecule has 2 aromatic carbocycles. The number of hydrogen-bond acceptors (Lipinski definition) is 5. The van der Waals surface area contributed by atoms with Crippen molar-refractivity contribution in [3.8, 4) is 0 Å². The second-order valence-electron chi connectivity index (χ2n) is 5.54. The summed E-state index contributed by atoms with van der Waals surface area (Å²) in [5, 5.41) is 22.1. The summed E-state index contributed by atoms with van der Waals surface area (Å²) in [5.41, 5.74) is 1.18. The van der Waals surface area contributed by atoms with Crippen molar-refractivity contribution in [2.45, 2.75) is 0 Å². The molecule has 0 fully saturated rings. The molecule has 0 bridgehead atoms. The molecule has 3 aromatic rings. The van der Waals surface area contributed by atoms with Crippen molar-refractivity contribution in [3.05, 3.63) is 102 Å². The molecule has 0 amide bonds. The second-order valence-corrected chi connectivity index (χ2v) is 6.69. The van der Waals surface area contributed by atoms with E-state index in [0.717, 1.165) is 9.75 Å². The van der Waals surface area contributed by atoms with Crippen molar-refractivity contribution >= 4 is 47.0 Å². The summed E-state index contributed by atoms with van der Waals surface area (Å²) in [6, 6.07) is 16.9. The van der Waals surface area contributed by atoms with Gasteiger partial charge >= 0.3 is 0 Å². The molecule has 1 heterocycles. The highest BCUT2D eigenvalue weighted by molar-refractivity contribution is 7.13. The van der Waals surface area contributed by atoms with Gasteiger partial charge in [-0.3, -0.25) is 20.2 Å². The maximum atomic E-state index is 11.0. The van der Waals surface area contributed by atoms with Gasteiger partial charge in [-0.25, -0.2) is 0 Å². The number of para-hydroxylation sites is 2. The number of nitrogens with zero attached hydrogens (tertiary/aromatic N) is 2. The average molecular weight is 378 g/mol. The van der Waals surface area contributed by atoms with E-state index in [1.807, 2.05) is 24.3 Å². The van der Waals surface area contributed by atoms with Crippen LogP contribution in [0.1, 0.15) is 20.9 Å². The minimum atomic E-state index is -0.408. The van der Waals surface area contributed by atoms with Gasteiger partial charge in [-0.1, -0.05) is 24.3 Å². The lowest BCUT2D eigenvalue weighted by Gasteiger charge is -1.96. The summed E-state index contributed by atoms with van der Waals surface area (Å²) < 4.78 is 0. The van der Waals surface area contributed by atoms with Gasteiger partial charge in [0.15, 0.2) is 0 Å². The van der Waals surface area contributed by atoms with Crippen LogP contribution in [0, 0.1) is 20.2 Å². The Morgan fingerprint density at radius 1 is 0.630 bits per heavy atom. The van der Waals surface area contributed by atoms with E-state index in [1.54, 1.807) is 48.6 Å². The third-order valence-electron chi connectivity index (χ3n) is 3.77. The molecule has 1 aromatic heterocycles. The monoisotopic (exact) mass is 378 g/mol. The van der Waals surface area contributed by atoms with Gasteiger partial charge in [-0.2, -0.15) is 0 Å². The minimum Gasteiger partial charge on any atom is -0.258 e. The van der Waals surface area contributed by atoms with E-state index in [2.05, 4.69) is 0 Å². The van der Waals surface area contributed by atoms with Gasteiger partial charge in [0.2, 0.25) is 0 Å². The van der Waals surface area contributed by atoms with Crippen LogP contribution in [0.15, 0.2) is 60.7 Å². The summed E-state index contributed by atoms with van der Waals surface area (Å²) in [4.78, 5) is 23.1. The first-order valence-electron chi connectivity index (χ1n) is 7.97. The Balaban J connectivity index is 1.78. The van der Waals surface area contributed by atoms with Crippen LogP contribution in [0.4, 0.5) is 11.4 Å². The molecule has 7 heteroatoms. The quantitative estimate of drug-likeness (QED) is 0.394. The molecule has 0 radical (unpaired) electrons. The number of benzene rings is 2. The predicted octanol–water partition coefficient (Wildman–Crippen LogP) is 5.91. The smallest absolute Gasteiger partial charge is 0.258 e. The Kier molecular flexibility index (Phi) is 5.53. The topological polar surface area (TPSA) is 86.3 Å². The van der Waals surface area contributed by atoms with Gasteiger partial charge in [0.05, 0.1) is 21.0 Å². The molecule has 134 valence electrons. The summed E-state index contributed by atoms with van der Waals surface area (Å²) in [6.07, 6.45) is 7.05. The number of rotatable bonds is 6. The third kappa shape index (κ3) is 4.53. The van der Waals surface area contributed by atoms with E-state index in [1.165, 1.54) is 23.5 Å². The maximum Gasteiger partial charge on any atom is 0.276 e. The number of nitro benzene ring substituents is 2. The van der Waals surface area contributed by atoms with Crippen molar-refractivity contribution < 1.29 is 9.85 Å². The van der Waals surface area contributed by atoms with Gasteiger partial charge in [-0.15, -0.1) is 11.3 Å². The van der Waals surface area contributed by atoms with Crippen molar-refractivity contribution in [2.24, 2.45) is 0 Å². The van der Waals surface area contributed by atoms with E-state index in [-0.39, 0.29) is 11.4 Å². The average Bonchev–Trinajstić information content (AvgIpc) is 3.13. The van der Waals surface area contributed by atoms with Crippen LogP contribution in [0.2, 0.25) is 0 Å². The SMILES string of the molecule is O=[N+]([O-])c1ccccc1/C=C/c1ccc(/C=C/c2ccccc2[N+](=O)[O-])s1. The van der Waals surface area contributed by atoms with E-state index in [4.69, 9.17) is 0 Å². The summed E-state index contributed by atoms with van der Waals surface area (Å²) in [7, 11) is 0. The second kappa shape index (κ2) is 8.20. The van der Waals surface area contributed by atoms with Crippen LogP contribution >= 0.6 is 11.3 Å². The highest BCUT2D eigenvalue weighted by Crippen LogP contribution is 2.25. The molecule has 0 spiro atoms. The highest BCUT2D eigenvalue weighted by atomic mass is 32.1. The Labute approximate surface area is 159 Å². The van der Waals surface area contributed by atoms with Crippen LogP contribution in [0.25, 0.3) is 24.3 Å². The van der Waals surface area contributed by atoms with Gasteiger partial charge in [0, 0.05) is 21.9 Å². The zero-order chi connectivity index (χ0) is 19.2. The van der Waals surface area contributed by atoms with Gasteiger partial charge in [-0.05, 0) is 48.6 Å². The molecule has 6 nitrogen and oxygen atoms in total. The summed E-state index contributed by atoms with van der Waals surface area (Å²) in [5.74, 6) is 0. The van der Waals surface area contributed by atoms with Crippen LogP contribution in [-0.4, -0.2) is 9.85 Å². The Hall–Kier alpha value is -3.58. The zero-order valence-electron chi connectivity index (χ0n) is 14.0. The molecule has 0 atom stereocenters. The van der Waals surface area contributed by atoms with Gasteiger partial charge in [0.25, 0.3) is 11.4 Å². The summed E-state index contributed by atoms with van der Waals surface area (Å²) >= 11 is 1.49. The molecule has 0 saturated heterocycles. The van der Waals surface area contributed by atoms with Gasteiger partial charge < -0.3 is 0 Å². The molecular weight excluding hydrogens is 364 g/mol. The van der Waals surface area contributed by atoms with Crippen molar-refractivity contribution in [1.82, 2.24) is 0 Å². The largest absolute Gasteiger partial charge is 0.276 e. The predicted molar refractivity (Wildman–Crippen MR) is 108 cm³/mol. The Morgan fingerprint density at radius 3 is 1.44 bits per heavy atom. The molecule has 0 aliphatic rings. The molecule has 0 aliphatic heterocycles. The molecule has 0 aliphatic carbocycles. The number of thiophene rings is 1. The number of nitro groups is 2. The van der Waals surface area contributed by atoms with Crippen molar-refractivity contribution in [1.29, 1.82) is 0 Å². The Bertz CT molecular complexity index is 971. The lowest BCUT2D eigenvalue weighted by Crippen LogP contribution is -1.90. The first kappa shape index (κ1) is 18.2. The fraction of sp³-hybridized carbons (Fsp3) is 0. The normalized spacial score (nSPS) is 11.3. The van der Waals surface area contributed by atoms with E-state index >= 15 is 0 Å². The first-order chi connectivity index (χ1) is 13.0. The molecule has 0 N–H and O–H groups in total. The van der Waals surface area contributed by atoms with E-state index in [0.29, 0.717) is 11.1 Å². The minimum absolute atomic E-state index is 0.0572. The number of hydrogen-bond donors (Lipinski definition) is 0. The molecule has 27 heavy (non-hydrogen) atoms. The van der Waals surface area contributed by atoms with Crippen LogP contribution in [-0.2, 0) is 0 Å². The van der Waals surface area contributed by atoms with Crippen molar-refractivity contribution in [2.75, 3.05) is 0 Å². The van der Waals surface area contributed by atoms with Crippen LogP contribution < -0.4 is 0 Å². The van der Waals surface area contributed by atoms with Crippen LogP contribution in [0.5, 0.6) is 0 Å². The summed E-state index contributed by atoms with van der Waals surface area (Å²) in [6.45, 7) is 0. The van der Waals surface area contributed by atoms with E-state index < -0.39 is 9.85 Å². The molecule has 3 rings (SSSR count). The maximum absolute atomic E-state index is 11.0. The fourth-order valence-electron chi connectivity index (χ4n) is 2.48. The molecular formula is C20H14N2O4S. The third-order valence-corrected chi connectivity index (χ3v) is 4.78. The van der Waals surface area contributed by atoms with Crippen LogP contribution in [0.3, 0.4) is 0 Å². The van der Waals surface area contributed by atoms with E-state index in [9.17, 15) is 20.2 Å². The lowest BCUT2D eigenvalue weighted by atomic mass is 10.1. The Morgan fingerprint density at radius 2 is 1.04 bits per heavy atom. The lowest BCUT2D eigenvalue weighted by molar-refractivity contribution is -0.385. The standard InChI is InChI=1S/C20H14N2O4S/c23-21(24)19-7-3-1-5-15(19)9-11-17-13-14-18(27-17)12-10-16-6-2-4-8-20(16)22(25)26/h1-14H/b11-9+,12-10+. The zero-order valence-corrected chi connectivity index (χ0v) is 14.8.